The molecule has 1 N–H and O–H groups in total. The van der Waals surface area contributed by atoms with Crippen molar-refractivity contribution in [1.82, 2.24) is 15.2 Å². The Bertz CT molecular complexity index is 728. The van der Waals surface area contributed by atoms with Crippen LogP contribution in [0.2, 0.25) is 0 Å². The fourth-order valence-electron chi connectivity index (χ4n) is 2.45. The van der Waals surface area contributed by atoms with Crippen molar-refractivity contribution in [3.05, 3.63) is 35.3 Å². The van der Waals surface area contributed by atoms with Crippen molar-refractivity contribution in [2.24, 2.45) is 0 Å². The van der Waals surface area contributed by atoms with E-state index in [0.717, 1.165) is 22.0 Å². The molecule has 2 aromatic rings. The number of thiazole rings is 1. The predicted octanol–water partition coefficient (Wildman–Crippen LogP) is 2.74. The molecule has 0 unspecified atom stereocenters. The second-order valence-corrected chi connectivity index (χ2v) is 6.50. The molecule has 1 heterocycles. The van der Waals surface area contributed by atoms with E-state index in [0.29, 0.717) is 19.7 Å². The number of carbonyl (C=O) groups excluding carboxylic acids is 2. The number of hydrogen-bond donors (Lipinski definition) is 1. The molecule has 0 saturated carbocycles. The van der Waals surface area contributed by atoms with Crippen LogP contribution >= 0.6 is 11.3 Å². The molecule has 0 aliphatic heterocycles. The maximum atomic E-state index is 12.4. The molecule has 2 rings (SSSR count). The standard InChI is InChI=1S/C19H25N3O3S/c1-4-20-17(23)12-22(5-2)18(24)11-15-13-26-19(21-15)14-7-9-16(10-8-14)25-6-3/h7-10,13H,4-6,11-12H2,1-3H3,(H,20,23). The summed E-state index contributed by atoms with van der Waals surface area (Å²) in [6, 6.07) is 7.75. The molecule has 26 heavy (non-hydrogen) atoms. The van der Waals surface area contributed by atoms with Crippen LogP contribution in [0.4, 0.5) is 0 Å². The molecular weight excluding hydrogens is 350 g/mol. The van der Waals surface area contributed by atoms with Crippen molar-refractivity contribution in [3.63, 3.8) is 0 Å². The zero-order valence-electron chi connectivity index (χ0n) is 15.4. The van der Waals surface area contributed by atoms with Crippen LogP contribution in [0.15, 0.2) is 29.6 Å². The second kappa shape index (κ2) is 9.91. The highest BCUT2D eigenvalue weighted by Gasteiger charge is 2.17. The molecule has 0 spiro atoms. The van der Waals surface area contributed by atoms with E-state index in [2.05, 4.69) is 10.3 Å². The van der Waals surface area contributed by atoms with Crippen molar-refractivity contribution in [3.8, 4) is 16.3 Å². The molecule has 0 atom stereocenters. The number of nitrogens with zero attached hydrogens (tertiary/aromatic N) is 2. The van der Waals surface area contributed by atoms with Crippen LogP contribution in [0.1, 0.15) is 26.5 Å². The summed E-state index contributed by atoms with van der Waals surface area (Å²) in [4.78, 5) is 30.2. The van der Waals surface area contributed by atoms with Gasteiger partial charge in [0, 0.05) is 24.0 Å². The topological polar surface area (TPSA) is 71.5 Å². The van der Waals surface area contributed by atoms with Gasteiger partial charge in [-0.15, -0.1) is 11.3 Å². The summed E-state index contributed by atoms with van der Waals surface area (Å²) >= 11 is 1.50. The van der Waals surface area contributed by atoms with Gasteiger partial charge in [0.1, 0.15) is 10.8 Å². The number of hydrogen-bond acceptors (Lipinski definition) is 5. The number of carbonyl (C=O) groups is 2. The Kier molecular flexibility index (Phi) is 7.59. The first-order valence-electron chi connectivity index (χ1n) is 8.79. The highest BCUT2D eigenvalue weighted by molar-refractivity contribution is 7.13. The maximum Gasteiger partial charge on any atom is 0.239 e. The number of nitrogens with one attached hydrogen (secondary N) is 1. The molecular formula is C19H25N3O3S. The Labute approximate surface area is 158 Å². The molecule has 0 fully saturated rings. The van der Waals surface area contributed by atoms with Gasteiger partial charge in [0.15, 0.2) is 0 Å². The zero-order chi connectivity index (χ0) is 18.9. The van der Waals surface area contributed by atoms with Gasteiger partial charge in [0.2, 0.25) is 11.8 Å². The smallest absolute Gasteiger partial charge is 0.239 e. The lowest BCUT2D eigenvalue weighted by molar-refractivity contribution is -0.135. The van der Waals surface area contributed by atoms with E-state index in [1.54, 1.807) is 4.90 Å². The SMILES string of the molecule is CCNC(=O)CN(CC)C(=O)Cc1csc(-c2ccc(OCC)cc2)n1. The summed E-state index contributed by atoms with van der Waals surface area (Å²) in [7, 11) is 0. The van der Waals surface area contributed by atoms with Crippen LogP contribution in [0.3, 0.4) is 0 Å². The molecule has 0 saturated heterocycles. The minimum Gasteiger partial charge on any atom is -0.494 e. The first kappa shape index (κ1) is 19.9. The van der Waals surface area contributed by atoms with Crippen LogP contribution in [0.25, 0.3) is 10.6 Å². The number of aromatic nitrogens is 1. The van der Waals surface area contributed by atoms with E-state index in [1.807, 2.05) is 50.4 Å². The molecule has 1 aromatic heterocycles. The van der Waals surface area contributed by atoms with Crippen molar-refractivity contribution in [2.45, 2.75) is 27.2 Å². The van der Waals surface area contributed by atoms with Gasteiger partial charge in [-0.1, -0.05) is 0 Å². The summed E-state index contributed by atoms with van der Waals surface area (Å²) in [6.07, 6.45) is 0.195. The Morgan fingerprint density at radius 1 is 1.19 bits per heavy atom. The van der Waals surface area contributed by atoms with E-state index in [1.165, 1.54) is 11.3 Å². The molecule has 140 valence electrons. The number of amides is 2. The third-order valence-electron chi connectivity index (χ3n) is 3.74. The van der Waals surface area contributed by atoms with Gasteiger partial charge in [-0.3, -0.25) is 9.59 Å². The van der Waals surface area contributed by atoms with Gasteiger partial charge >= 0.3 is 0 Å². The number of likely N-dealkylation sites (N-methyl/N-ethyl adjacent to an activating group) is 2. The number of rotatable bonds is 9. The molecule has 0 bridgehead atoms. The lowest BCUT2D eigenvalue weighted by Crippen LogP contribution is -2.41. The minimum atomic E-state index is -0.143. The Balaban J connectivity index is 2.00. The lowest BCUT2D eigenvalue weighted by atomic mass is 10.2. The van der Waals surface area contributed by atoms with E-state index in [-0.39, 0.29) is 24.8 Å². The van der Waals surface area contributed by atoms with Gasteiger partial charge in [0.05, 0.1) is 25.3 Å². The normalized spacial score (nSPS) is 10.4. The van der Waals surface area contributed by atoms with Crippen molar-refractivity contribution < 1.29 is 14.3 Å². The summed E-state index contributed by atoms with van der Waals surface area (Å²) in [5.41, 5.74) is 1.71. The van der Waals surface area contributed by atoms with Crippen LogP contribution in [-0.4, -0.2) is 47.9 Å². The van der Waals surface area contributed by atoms with Crippen LogP contribution in [0.5, 0.6) is 5.75 Å². The van der Waals surface area contributed by atoms with Crippen LogP contribution < -0.4 is 10.1 Å². The van der Waals surface area contributed by atoms with E-state index in [9.17, 15) is 9.59 Å². The van der Waals surface area contributed by atoms with Crippen molar-refractivity contribution in [2.75, 3.05) is 26.2 Å². The average molecular weight is 375 g/mol. The summed E-state index contributed by atoms with van der Waals surface area (Å²) in [5, 5.41) is 5.47. The van der Waals surface area contributed by atoms with Gasteiger partial charge < -0.3 is 15.0 Å². The van der Waals surface area contributed by atoms with Crippen LogP contribution in [-0.2, 0) is 16.0 Å². The van der Waals surface area contributed by atoms with Gasteiger partial charge in [-0.25, -0.2) is 4.98 Å². The molecule has 0 aliphatic carbocycles. The zero-order valence-corrected chi connectivity index (χ0v) is 16.3. The maximum absolute atomic E-state index is 12.4. The average Bonchev–Trinajstić information content (AvgIpc) is 3.09. The monoisotopic (exact) mass is 375 g/mol. The Hall–Kier alpha value is -2.41. The second-order valence-electron chi connectivity index (χ2n) is 5.64. The fourth-order valence-corrected chi connectivity index (χ4v) is 3.28. The van der Waals surface area contributed by atoms with Crippen molar-refractivity contribution in [1.29, 1.82) is 0 Å². The third kappa shape index (κ3) is 5.56. The molecule has 7 heteroatoms. The molecule has 1 aromatic carbocycles. The van der Waals surface area contributed by atoms with E-state index >= 15 is 0 Å². The molecule has 0 aliphatic rings. The van der Waals surface area contributed by atoms with Gasteiger partial charge in [-0.2, -0.15) is 0 Å². The van der Waals surface area contributed by atoms with Gasteiger partial charge in [0.25, 0.3) is 0 Å². The molecule has 2 amide bonds. The molecule has 6 nitrogen and oxygen atoms in total. The van der Waals surface area contributed by atoms with E-state index in [4.69, 9.17) is 4.74 Å². The minimum absolute atomic E-state index is 0.0824. The van der Waals surface area contributed by atoms with Gasteiger partial charge in [-0.05, 0) is 45.0 Å². The van der Waals surface area contributed by atoms with Crippen molar-refractivity contribution >= 4 is 23.2 Å². The predicted molar refractivity (Wildman–Crippen MR) is 103 cm³/mol. The highest BCUT2D eigenvalue weighted by Crippen LogP contribution is 2.26. The quantitative estimate of drug-likeness (QED) is 0.731. The van der Waals surface area contributed by atoms with E-state index < -0.39 is 0 Å². The third-order valence-corrected chi connectivity index (χ3v) is 4.68. The van der Waals surface area contributed by atoms with Crippen LogP contribution in [0, 0.1) is 0 Å². The first-order valence-corrected chi connectivity index (χ1v) is 9.67. The largest absolute Gasteiger partial charge is 0.494 e. The summed E-state index contributed by atoms with van der Waals surface area (Å²) in [6.45, 7) is 7.43. The Morgan fingerprint density at radius 3 is 2.54 bits per heavy atom. The number of benzene rings is 1. The molecule has 0 radical (unpaired) electrons. The fraction of sp³-hybridized carbons (Fsp3) is 0.421. The first-order chi connectivity index (χ1) is 12.6. The summed E-state index contributed by atoms with van der Waals surface area (Å²) < 4.78 is 5.44. The summed E-state index contributed by atoms with van der Waals surface area (Å²) in [5.74, 6) is 0.588. The highest BCUT2D eigenvalue weighted by atomic mass is 32.1. The Morgan fingerprint density at radius 2 is 1.92 bits per heavy atom. The lowest BCUT2D eigenvalue weighted by Gasteiger charge is -2.19. The number of ether oxygens (including phenoxy) is 1.